The van der Waals surface area contributed by atoms with Crippen LogP contribution in [0.2, 0.25) is 0 Å². The summed E-state index contributed by atoms with van der Waals surface area (Å²) in [7, 11) is 0. The maximum absolute atomic E-state index is 9.58. The summed E-state index contributed by atoms with van der Waals surface area (Å²) < 4.78 is 0. The van der Waals surface area contributed by atoms with Crippen molar-refractivity contribution >= 4 is 41.3 Å². The van der Waals surface area contributed by atoms with E-state index in [0.29, 0.717) is 6.54 Å². The molecule has 0 saturated carbocycles. The third-order valence-electron chi connectivity index (χ3n) is 3.41. The molecule has 0 atom stereocenters. The highest BCUT2D eigenvalue weighted by Gasteiger charge is 2.19. The topological polar surface area (TPSA) is 60.8 Å². The quantitative estimate of drug-likeness (QED) is 0.442. The number of likely N-dealkylation sites (tertiary alicyclic amines) is 1. The second-order valence-corrected chi connectivity index (χ2v) is 6.16. The number of aromatic nitrogens is 1. The molecule has 2 N–H and O–H groups in total. The summed E-state index contributed by atoms with van der Waals surface area (Å²) in [4.78, 5) is 12.6. The fourth-order valence-corrected chi connectivity index (χ4v) is 3.02. The van der Waals surface area contributed by atoms with Crippen molar-refractivity contribution in [2.75, 3.05) is 19.6 Å². The number of guanidine groups is 1. The van der Waals surface area contributed by atoms with Crippen molar-refractivity contribution in [1.82, 2.24) is 15.2 Å². The Morgan fingerprint density at radius 1 is 1.48 bits per heavy atom. The molecule has 2 rings (SSSR count). The van der Waals surface area contributed by atoms with E-state index in [2.05, 4.69) is 34.0 Å². The van der Waals surface area contributed by atoms with E-state index in [1.807, 2.05) is 6.20 Å². The van der Waals surface area contributed by atoms with E-state index in [1.165, 1.54) is 4.88 Å². The number of nitrogens with zero attached hydrogens (tertiary/aromatic N) is 3. The number of nitrogens with one attached hydrogen (secondary N) is 1. The zero-order valence-corrected chi connectivity index (χ0v) is 15.9. The van der Waals surface area contributed by atoms with Crippen molar-refractivity contribution < 1.29 is 5.11 Å². The molecular weight excluding hydrogens is 399 g/mol. The lowest BCUT2D eigenvalue weighted by Crippen LogP contribution is -2.46. The van der Waals surface area contributed by atoms with Crippen LogP contribution in [0.25, 0.3) is 0 Å². The van der Waals surface area contributed by atoms with Gasteiger partial charge in [-0.25, -0.2) is 9.98 Å². The first-order valence-electron chi connectivity index (χ1n) is 7.37. The van der Waals surface area contributed by atoms with Gasteiger partial charge < -0.3 is 15.3 Å². The van der Waals surface area contributed by atoms with Crippen LogP contribution in [0.3, 0.4) is 0 Å². The van der Waals surface area contributed by atoms with Crippen molar-refractivity contribution in [3.63, 3.8) is 0 Å². The fourth-order valence-electron chi connectivity index (χ4n) is 2.23. The number of aliphatic hydroxyl groups excluding tert-OH is 1. The number of piperidine rings is 1. The number of thiazole rings is 1. The molecule has 0 radical (unpaired) electrons. The fraction of sp³-hybridized carbons (Fsp3) is 0.714. The van der Waals surface area contributed by atoms with Crippen molar-refractivity contribution in [3.8, 4) is 0 Å². The van der Waals surface area contributed by atoms with E-state index in [4.69, 9.17) is 0 Å². The highest BCUT2D eigenvalue weighted by Crippen LogP contribution is 2.15. The van der Waals surface area contributed by atoms with Crippen LogP contribution in [0.15, 0.2) is 11.2 Å². The smallest absolute Gasteiger partial charge is 0.194 e. The van der Waals surface area contributed by atoms with E-state index in [0.717, 1.165) is 49.9 Å². The average Bonchev–Trinajstić information content (AvgIpc) is 2.92. The average molecular weight is 424 g/mol. The van der Waals surface area contributed by atoms with Gasteiger partial charge in [-0.15, -0.1) is 35.3 Å². The lowest BCUT2D eigenvalue weighted by atomic mass is 10.1. The van der Waals surface area contributed by atoms with Crippen LogP contribution in [0.1, 0.15) is 36.6 Å². The predicted molar refractivity (Wildman–Crippen MR) is 98.5 cm³/mol. The summed E-state index contributed by atoms with van der Waals surface area (Å²) in [6.07, 6.45) is 4.47. The van der Waals surface area contributed by atoms with Crippen LogP contribution < -0.4 is 5.32 Å². The molecule has 0 spiro atoms. The minimum absolute atomic E-state index is 0. The van der Waals surface area contributed by atoms with Gasteiger partial charge in [0.25, 0.3) is 0 Å². The summed E-state index contributed by atoms with van der Waals surface area (Å²) in [5.74, 6) is 0.938. The van der Waals surface area contributed by atoms with Crippen LogP contribution in [0, 0.1) is 0 Å². The molecular formula is C14H25IN4OS. The molecule has 1 aliphatic heterocycles. The molecule has 1 aliphatic rings. The van der Waals surface area contributed by atoms with Gasteiger partial charge in [0.15, 0.2) is 5.96 Å². The van der Waals surface area contributed by atoms with Crippen molar-refractivity contribution in [2.24, 2.45) is 4.99 Å². The highest BCUT2D eigenvalue weighted by atomic mass is 127. The number of aryl methyl sites for hydroxylation is 1. The molecule has 1 aromatic rings. The zero-order valence-electron chi connectivity index (χ0n) is 12.7. The number of halogens is 1. The van der Waals surface area contributed by atoms with Crippen molar-refractivity contribution in [2.45, 2.75) is 45.8 Å². The molecule has 2 heterocycles. The Hall–Kier alpha value is -0.410. The monoisotopic (exact) mass is 424 g/mol. The van der Waals surface area contributed by atoms with Crippen molar-refractivity contribution in [1.29, 1.82) is 0 Å². The summed E-state index contributed by atoms with van der Waals surface area (Å²) in [6.45, 7) is 7.44. The van der Waals surface area contributed by atoms with Gasteiger partial charge in [-0.2, -0.15) is 0 Å². The van der Waals surface area contributed by atoms with E-state index < -0.39 is 0 Å². The van der Waals surface area contributed by atoms with Crippen LogP contribution in [0.5, 0.6) is 0 Å². The second kappa shape index (κ2) is 9.58. The molecule has 0 amide bonds. The molecule has 1 fully saturated rings. The first-order valence-corrected chi connectivity index (χ1v) is 8.19. The zero-order chi connectivity index (χ0) is 14.4. The van der Waals surface area contributed by atoms with Gasteiger partial charge in [0.05, 0.1) is 12.6 Å². The van der Waals surface area contributed by atoms with Crippen LogP contribution in [-0.2, 0) is 13.0 Å². The molecule has 0 aliphatic carbocycles. The molecule has 21 heavy (non-hydrogen) atoms. The third-order valence-corrected chi connectivity index (χ3v) is 4.54. The molecule has 7 heteroatoms. The minimum Gasteiger partial charge on any atom is -0.393 e. The summed E-state index contributed by atoms with van der Waals surface area (Å²) in [6, 6.07) is 0. The Labute approximate surface area is 147 Å². The maximum atomic E-state index is 9.58. The summed E-state index contributed by atoms with van der Waals surface area (Å²) in [5, 5.41) is 14.0. The largest absolute Gasteiger partial charge is 0.393 e. The minimum atomic E-state index is -0.153. The van der Waals surface area contributed by atoms with Crippen molar-refractivity contribution in [3.05, 3.63) is 16.1 Å². The second-order valence-electron chi connectivity index (χ2n) is 4.96. The van der Waals surface area contributed by atoms with Gasteiger partial charge in [0.2, 0.25) is 0 Å². The van der Waals surface area contributed by atoms with E-state index in [1.54, 1.807) is 11.3 Å². The Morgan fingerprint density at radius 3 is 2.76 bits per heavy atom. The van der Waals surface area contributed by atoms with E-state index in [-0.39, 0.29) is 30.1 Å². The van der Waals surface area contributed by atoms with E-state index in [9.17, 15) is 5.11 Å². The Balaban J connectivity index is 0.00000220. The number of hydrogen-bond acceptors (Lipinski definition) is 4. The molecule has 0 bridgehead atoms. The van der Waals surface area contributed by atoms with Crippen LogP contribution in [-0.4, -0.2) is 46.7 Å². The highest BCUT2D eigenvalue weighted by molar-refractivity contribution is 14.0. The van der Waals surface area contributed by atoms with Crippen LogP contribution in [0.4, 0.5) is 0 Å². The molecule has 5 nitrogen and oxygen atoms in total. The Bertz CT molecular complexity index is 444. The van der Waals surface area contributed by atoms with E-state index >= 15 is 0 Å². The summed E-state index contributed by atoms with van der Waals surface area (Å²) in [5.41, 5.74) is 0. The number of aliphatic hydroxyl groups is 1. The van der Waals surface area contributed by atoms with Gasteiger partial charge in [0.1, 0.15) is 5.01 Å². The third kappa shape index (κ3) is 5.71. The molecule has 1 aromatic heterocycles. The number of aliphatic imine (C=N–C) groups is 1. The molecule has 1 saturated heterocycles. The number of hydrogen-bond donors (Lipinski definition) is 2. The molecule has 120 valence electrons. The van der Waals surface area contributed by atoms with Gasteiger partial charge >= 0.3 is 0 Å². The lowest BCUT2D eigenvalue weighted by molar-refractivity contribution is 0.108. The standard InChI is InChI=1S/C14H24N4OS.HI/c1-3-12-9-16-13(20-12)10-17-14(15-4-2)18-7-5-11(19)6-8-18;/h9,11,19H,3-8,10H2,1-2H3,(H,15,17);1H. The summed E-state index contributed by atoms with van der Waals surface area (Å²) >= 11 is 1.74. The van der Waals surface area contributed by atoms with Crippen LogP contribution >= 0.6 is 35.3 Å². The first-order chi connectivity index (χ1) is 9.72. The maximum Gasteiger partial charge on any atom is 0.194 e. The van der Waals surface area contributed by atoms with Gasteiger partial charge in [-0.05, 0) is 26.2 Å². The van der Waals surface area contributed by atoms with Gasteiger partial charge in [-0.3, -0.25) is 0 Å². The van der Waals surface area contributed by atoms with Gasteiger partial charge in [0, 0.05) is 30.7 Å². The normalized spacial score (nSPS) is 16.7. The molecule has 0 unspecified atom stereocenters. The SMILES string of the molecule is CCNC(=NCc1ncc(CC)s1)N1CCC(O)CC1.I. The lowest BCUT2D eigenvalue weighted by Gasteiger charge is -2.32. The first kappa shape index (κ1) is 18.6. The molecule has 0 aromatic carbocycles. The Kier molecular flexibility index (Phi) is 8.50. The Morgan fingerprint density at radius 2 is 2.19 bits per heavy atom. The van der Waals surface area contributed by atoms with Gasteiger partial charge in [-0.1, -0.05) is 6.92 Å². The predicted octanol–water partition coefficient (Wildman–Crippen LogP) is 2.25. The number of rotatable bonds is 4.